The first kappa shape index (κ1) is 24.6. The van der Waals surface area contributed by atoms with Gasteiger partial charge in [0.25, 0.3) is 0 Å². The number of rotatable bonds is 7. The molecule has 38 heavy (non-hydrogen) atoms. The SMILES string of the molecule is COC(=O)c1ccc2c(c1)NC(=O)C2C(=Nc1ccc(N(C)C(=O)Cn2ccnc2)cc1)c1ccccc1. The van der Waals surface area contributed by atoms with Crippen LogP contribution in [-0.4, -0.2) is 47.2 Å². The van der Waals surface area contributed by atoms with E-state index in [2.05, 4.69) is 10.3 Å². The lowest BCUT2D eigenvalue weighted by Gasteiger charge is -2.18. The number of ether oxygens (including phenoxy) is 1. The van der Waals surface area contributed by atoms with Gasteiger partial charge in [-0.3, -0.25) is 14.6 Å². The van der Waals surface area contributed by atoms with E-state index in [1.165, 1.54) is 7.11 Å². The Morgan fingerprint density at radius 2 is 1.82 bits per heavy atom. The summed E-state index contributed by atoms with van der Waals surface area (Å²) in [4.78, 5) is 48.2. The molecule has 9 heteroatoms. The first-order valence-corrected chi connectivity index (χ1v) is 11.9. The van der Waals surface area contributed by atoms with E-state index in [9.17, 15) is 14.4 Å². The molecule has 0 radical (unpaired) electrons. The van der Waals surface area contributed by atoms with Gasteiger partial charge in [0.15, 0.2) is 0 Å². The lowest BCUT2D eigenvalue weighted by Crippen LogP contribution is -2.29. The Morgan fingerprint density at radius 3 is 2.50 bits per heavy atom. The number of anilines is 2. The first-order valence-electron chi connectivity index (χ1n) is 11.9. The van der Waals surface area contributed by atoms with Crippen molar-refractivity contribution in [3.8, 4) is 0 Å². The van der Waals surface area contributed by atoms with Crippen LogP contribution in [0.3, 0.4) is 0 Å². The van der Waals surface area contributed by atoms with Crippen molar-refractivity contribution in [2.45, 2.75) is 12.5 Å². The molecule has 3 aromatic carbocycles. The maximum absolute atomic E-state index is 13.2. The van der Waals surface area contributed by atoms with Crippen molar-refractivity contribution in [3.63, 3.8) is 0 Å². The van der Waals surface area contributed by atoms with Gasteiger partial charge in [-0.15, -0.1) is 0 Å². The zero-order valence-electron chi connectivity index (χ0n) is 20.9. The van der Waals surface area contributed by atoms with Crippen LogP contribution in [0.2, 0.25) is 0 Å². The summed E-state index contributed by atoms with van der Waals surface area (Å²) < 4.78 is 6.52. The van der Waals surface area contributed by atoms with E-state index < -0.39 is 11.9 Å². The van der Waals surface area contributed by atoms with Gasteiger partial charge in [0, 0.05) is 30.8 Å². The van der Waals surface area contributed by atoms with Crippen molar-refractivity contribution in [2.75, 3.05) is 24.4 Å². The molecule has 9 nitrogen and oxygen atoms in total. The van der Waals surface area contributed by atoms with Crippen molar-refractivity contribution in [1.82, 2.24) is 9.55 Å². The van der Waals surface area contributed by atoms with Crippen molar-refractivity contribution in [3.05, 3.63) is 108 Å². The van der Waals surface area contributed by atoms with Gasteiger partial charge in [0.1, 0.15) is 12.5 Å². The number of hydrogen-bond acceptors (Lipinski definition) is 6. The highest BCUT2D eigenvalue weighted by molar-refractivity contribution is 6.24. The van der Waals surface area contributed by atoms with E-state index in [1.54, 1.807) is 53.4 Å². The third-order valence-corrected chi connectivity index (χ3v) is 6.39. The number of fused-ring (bicyclic) bond motifs is 1. The standard InChI is InChI=1S/C29H25N5O4/c1-33(25(35)17-34-15-14-30-18-34)22-11-9-21(10-12-22)31-27(19-6-4-3-5-7-19)26-23-13-8-20(29(37)38-2)16-24(23)32-28(26)36/h3-16,18,26H,17H2,1-2H3,(H,32,36). The molecule has 0 saturated heterocycles. The second kappa shape index (κ2) is 10.5. The van der Waals surface area contributed by atoms with E-state index in [1.807, 2.05) is 54.6 Å². The Kier molecular flexibility index (Phi) is 6.82. The van der Waals surface area contributed by atoms with Gasteiger partial charge >= 0.3 is 5.97 Å². The molecule has 2 amide bonds. The van der Waals surface area contributed by atoms with Crippen LogP contribution in [0.15, 0.2) is 96.5 Å². The predicted molar refractivity (Wildman–Crippen MR) is 144 cm³/mol. The average Bonchev–Trinajstić information content (AvgIpc) is 3.58. The molecule has 1 N–H and O–H groups in total. The fourth-order valence-corrected chi connectivity index (χ4v) is 4.36. The number of nitrogens with zero attached hydrogens (tertiary/aromatic N) is 4. The monoisotopic (exact) mass is 507 g/mol. The number of aliphatic imine (C=N–C) groups is 1. The lowest BCUT2D eigenvalue weighted by atomic mass is 9.90. The van der Waals surface area contributed by atoms with E-state index in [0.717, 1.165) is 16.8 Å². The van der Waals surface area contributed by atoms with E-state index >= 15 is 0 Å². The molecule has 1 aromatic heterocycles. The molecule has 0 bridgehead atoms. The maximum atomic E-state index is 13.2. The lowest BCUT2D eigenvalue weighted by molar-refractivity contribution is -0.119. The molecule has 1 aliphatic rings. The molecule has 0 spiro atoms. The van der Waals surface area contributed by atoms with E-state index in [-0.39, 0.29) is 18.4 Å². The third-order valence-electron chi connectivity index (χ3n) is 6.39. The van der Waals surface area contributed by atoms with Crippen LogP contribution in [0.25, 0.3) is 0 Å². The van der Waals surface area contributed by atoms with Crippen LogP contribution in [-0.2, 0) is 20.9 Å². The zero-order valence-corrected chi connectivity index (χ0v) is 20.9. The van der Waals surface area contributed by atoms with Gasteiger partial charge in [-0.05, 0) is 47.5 Å². The van der Waals surface area contributed by atoms with Crippen LogP contribution in [0.5, 0.6) is 0 Å². The average molecular weight is 508 g/mol. The number of hydrogen-bond donors (Lipinski definition) is 1. The number of nitrogens with one attached hydrogen (secondary N) is 1. The molecule has 190 valence electrons. The second-order valence-electron chi connectivity index (χ2n) is 8.78. The maximum Gasteiger partial charge on any atom is 0.337 e. The quantitative estimate of drug-likeness (QED) is 0.298. The summed E-state index contributed by atoms with van der Waals surface area (Å²) in [7, 11) is 3.03. The normalized spacial score (nSPS) is 14.5. The highest BCUT2D eigenvalue weighted by atomic mass is 16.5. The number of methoxy groups -OCH3 is 1. The number of benzene rings is 3. The predicted octanol–water partition coefficient (Wildman–Crippen LogP) is 4.19. The number of carbonyl (C=O) groups is 3. The van der Waals surface area contributed by atoms with E-state index in [0.29, 0.717) is 22.6 Å². The van der Waals surface area contributed by atoms with Crippen molar-refractivity contribution in [1.29, 1.82) is 0 Å². The van der Waals surface area contributed by atoms with Gasteiger partial charge < -0.3 is 19.5 Å². The number of imidazole rings is 1. The summed E-state index contributed by atoms with van der Waals surface area (Å²) in [6.07, 6.45) is 4.97. The van der Waals surface area contributed by atoms with Gasteiger partial charge in [-0.2, -0.15) is 0 Å². The Hall–Kier alpha value is -5.05. The Bertz CT molecular complexity index is 1510. The number of carbonyl (C=O) groups excluding carboxylic acids is 3. The van der Waals surface area contributed by atoms with Crippen LogP contribution in [0.1, 0.15) is 27.4 Å². The summed E-state index contributed by atoms with van der Waals surface area (Å²) in [5.41, 5.74) is 4.36. The fourth-order valence-electron chi connectivity index (χ4n) is 4.36. The van der Waals surface area contributed by atoms with Crippen molar-refractivity contribution in [2.24, 2.45) is 4.99 Å². The molecule has 1 atom stereocenters. The molecule has 2 heterocycles. The number of aromatic nitrogens is 2. The van der Waals surface area contributed by atoms with Crippen LogP contribution >= 0.6 is 0 Å². The number of amides is 2. The summed E-state index contributed by atoms with van der Waals surface area (Å²) in [5, 5.41) is 2.88. The van der Waals surface area contributed by atoms with Gasteiger partial charge in [0.2, 0.25) is 11.8 Å². The zero-order chi connectivity index (χ0) is 26.6. The summed E-state index contributed by atoms with van der Waals surface area (Å²) in [5.74, 6) is -1.46. The molecular weight excluding hydrogens is 482 g/mol. The smallest absolute Gasteiger partial charge is 0.337 e. The highest BCUT2D eigenvalue weighted by Crippen LogP contribution is 2.37. The molecule has 0 saturated carbocycles. The Labute approximate surface area is 219 Å². The molecule has 1 unspecified atom stereocenters. The molecular formula is C29H25N5O4. The molecule has 5 rings (SSSR count). The van der Waals surface area contributed by atoms with Crippen LogP contribution in [0, 0.1) is 0 Å². The largest absolute Gasteiger partial charge is 0.465 e. The minimum atomic E-state index is -0.668. The van der Waals surface area contributed by atoms with E-state index in [4.69, 9.17) is 9.73 Å². The summed E-state index contributed by atoms with van der Waals surface area (Å²) in [6, 6.07) is 21.8. The molecule has 0 fully saturated rings. The molecule has 1 aliphatic heterocycles. The van der Waals surface area contributed by atoms with Gasteiger partial charge in [-0.1, -0.05) is 36.4 Å². The highest BCUT2D eigenvalue weighted by Gasteiger charge is 2.36. The fraction of sp³-hybridized carbons (Fsp3) is 0.138. The minimum Gasteiger partial charge on any atom is -0.465 e. The van der Waals surface area contributed by atoms with Gasteiger partial charge in [0.05, 0.1) is 30.4 Å². The van der Waals surface area contributed by atoms with Crippen molar-refractivity contribution < 1.29 is 19.1 Å². The minimum absolute atomic E-state index is 0.0882. The molecule has 0 aliphatic carbocycles. The number of likely N-dealkylation sites (N-methyl/N-ethyl adjacent to an activating group) is 1. The Morgan fingerprint density at radius 1 is 1.05 bits per heavy atom. The first-order chi connectivity index (χ1) is 18.4. The van der Waals surface area contributed by atoms with Crippen LogP contribution in [0.4, 0.5) is 17.1 Å². The summed E-state index contributed by atoms with van der Waals surface area (Å²) >= 11 is 0. The van der Waals surface area contributed by atoms with Gasteiger partial charge in [-0.25, -0.2) is 9.78 Å². The van der Waals surface area contributed by atoms with Crippen molar-refractivity contribution >= 4 is 40.6 Å². The summed E-state index contributed by atoms with van der Waals surface area (Å²) in [6.45, 7) is 0.183. The Balaban J connectivity index is 1.46. The molecule has 4 aromatic rings. The second-order valence-corrected chi connectivity index (χ2v) is 8.78. The number of esters is 1. The third kappa shape index (κ3) is 4.94. The topological polar surface area (TPSA) is 106 Å². The van der Waals surface area contributed by atoms with Crippen LogP contribution < -0.4 is 10.2 Å².